The summed E-state index contributed by atoms with van der Waals surface area (Å²) >= 11 is 8.86. The maximum absolute atomic E-state index is 13.1. The van der Waals surface area contributed by atoms with E-state index in [1.165, 1.54) is 23.1 Å². The summed E-state index contributed by atoms with van der Waals surface area (Å²) in [5, 5.41) is 5.71. The predicted octanol–water partition coefficient (Wildman–Crippen LogP) is 4.90. The van der Waals surface area contributed by atoms with Crippen LogP contribution in [-0.4, -0.2) is 28.3 Å². The third-order valence-corrected chi connectivity index (χ3v) is 6.77. The molecule has 0 fully saturated rings. The quantitative estimate of drug-likeness (QED) is 0.306. The monoisotopic (exact) mass is 471 g/mol. The number of anilines is 1. The molecule has 0 aliphatic rings. The zero-order valence-corrected chi connectivity index (χ0v) is 18.9. The van der Waals surface area contributed by atoms with Gasteiger partial charge in [0.05, 0.1) is 30.6 Å². The molecule has 4 rings (SSSR count). The fraction of sp³-hybridized carbons (Fsp3) is 0.136. The van der Waals surface area contributed by atoms with E-state index in [4.69, 9.17) is 16.3 Å². The highest BCUT2D eigenvalue weighted by Crippen LogP contribution is 2.26. The van der Waals surface area contributed by atoms with Gasteiger partial charge in [0.1, 0.15) is 10.4 Å². The van der Waals surface area contributed by atoms with Gasteiger partial charge in [0.15, 0.2) is 5.16 Å². The molecule has 2 aromatic heterocycles. The average Bonchev–Trinajstić information content (AvgIpc) is 3.25. The number of amides is 1. The number of halogens is 1. The van der Waals surface area contributed by atoms with Crippen LogP contribution in [0, 0.1) is 0 Å². The molecule has 9 heteroatoms. The Labute approximate surface area is 191 Å². The van der Waals surface area contributed by atoms with E-state index in [-0.39, 0.29) is 23.8 Å². The van der Waals surface area contributed by atoms with Gasteiger partial charge in [-0.15, -0.1) is 11.3 Å². The third-order valence-electron chi connectivity index (χ3n) is 4.53. The molecule has 0 unspecified atom stereocenters. The van der Waals surface area contributed by atoms with Crippen molar-refractivity contribution in [3.05, 3.63) is 80.9 Å². The van der Waals surface area contributed by atoms with Gasteiger partial charge in [-0.25, -0.2) is 4.98 Å². The van der Waals surface area contributed by atoms with Crippen LogP contribution >= 0.6 is 34.7 Å². The zero-order chi connectivity index (χ0) is 21.8. The number of para-hydroxylation sites is 2. The summed E-state index contributed by atoms with van der Waals surface area (Å²) < 4.78 is 7.42. The molecule has 2 aromatic carbocycles. The van der Waals surface area contributed by atoms with Crippen LogP contribution in [0.2, 0.25) is 5.02 Å². The van der Waals surface area contributed by atoms with Crippen molar-refractivity contribution in [2.75, 3.05) is 18.2 Å². The van der Waals surface area contributed by atoms with Gasteiger partial charge < -0.3 is 10.1 Å². The van der Waals surface area contributed by atoms with Crippen molar-refractivity contribution in [3.8, 4) is 5.75 Å². The van der Waals surface area contributed by atoms with Crippen LogP contribution < -0.4 is 15.6 Å². The first kappa shape index (κ1) is 21.4. The maximum atomic E-state index is 13.1. The number of aromatic nitrogens is 2. The number of fused-ring (bicyclic) bond motifs is 1. The van der Waals surface area contributed by atoms with Gasteiger partial charge in [-0.2, -0.15) is 0 Å². The van der Waals surface area contributed by atoms with E-state index < -0.39 is 0 Å². The highest BCUT2D eigenvalue weighted by atomic mass is 35.5. The van der Waals surface area contributed by atoms with Crippen molar-refractivity contribution in [1.29, 1.82) is 0 Å². The Balaban J connectivity index is 1.60. The number of ether oxygens (including phenoxy) is 1. The number of nitrogens with one attached hydrogen (secondary N) is 1. The van der Waals surface area contributed by atoms with Crippen LogP contribution in [-0.2, 0) is 11.3 Å². The molecule has 0 saturated carbocycles. The summed E-state index contributed by atoms with van der Waals surface area (Å²) in [5.74, 6) is 0.440. The normalized spacial score (nSPS) is 10.9. The van der Waals surface area contributed by atoms with Gasteiger partial charge in [0.25, 0.3) is 5.56 Å². The van der Waals surface area contributed by atoms with E-state index in [1.54, 1.807) is 35.9 Å². The second-order valence-electron chi connectivity index (χ2n) is 6.55. The zero-order valence-electron chi connectivity index (χ0n) is 16.5. The lowest BCUT2D eigenvalue weighted by Gasteiger charge is -2.13. The van der Waals surface area contributed by atoms with Crippen LogP contribution in [0.25, 0.3) is 10.2 Å². The Hall–Kier alpha value is -2.81. The average molecular weight is 472 g/mol. The molecule has 4 aromatic rings. The first-order valence-electron chi connectivity index (χ1n) is 9.34. The molecule has 158 valence electrons. The first-order valence-corrected chi connectivity index (χ1v) is 11.6. The maximum Gasteiger partial charge on any atom is 0.272 e. The minimum atomic E-state index is -0.224. The summed E-state index contributed by atoms with van der Waals surface area (Å²) in [6, 6.07) is 16.4. The number of thioether (sulfide) groups is 1. The molecule has 0 bridgehead atoms. The molecule has 0 aliphatic carbocycles. The molecule has 1 N–H and O–H groups in total. The fourth-order valence-corrected chi connectivity index (χ4v) is 4.81. The molecule has 0 aliphatic heterocycles. The number of rotatable bonds is 7. The van der Waals surface area contributed by atoms with Gasteiger partial charge in [-0.3, -0.25) is 14.2 Å². The van der Waals surface area contributed by atoms with Crippen molar-refractivity contribution >= 4 is 56.5 Å². The first-order chi connectivity index (χ1) is 15.1. The summed E-state index contributed by atoms with van der Waals surface area (Å²) in [6.07, 6.45) is 0. The second-order valence-corrected chi connectivity index (χ2v) is 8.81. The van der Waals surface area contributed by atoms with E-state index in [1.807, 2.05) is 35.7 Å². The number of benzene rings is 2. The molecule has 0 radical (unpaired) electrons. The highest BCUT2D eigenvalue weighted by Gasteiger charge is 2.16. The number of thiophene rings is 1. The summed E-state index contributed by atoms with van der Waals surface area (Å²) in [7, 11) is 1.55. The lowest BCUT2D eigenvalue weighted by atomic mass is 10.2. The van der Waals surface area contributed by atoms with Crippen molar-refractivity contribution in [1.82, 2.24) is 9.55 Å². The Morgan fingerprint density at radius 3 is 2.77 bits per heavy atom. The molecular formula is C22H18ClN3O3S2. The van der Waals surface area contributed by atoms with E-state index in [0.29, 0.717) is 31.8 Å². The highest BCUT2D eigenvalue weighted by molar-refractivity contribution is 7.99. The SMILES string of the molecule is COc1ccccc1NC(=O)CSc1nc2ccsc2c(=O)n1Cc1ccccc1Cl. The van der Waals surface area contributed by atoms with E-state index >= 15 is 0 Å². The lowest BCUT2D eigenvalue weighted by Crippen LogP contribution is -2.24. The van der Waals surface area contributed by atoms with Crippen LogP contribution in [0.3, 0.4) is 0 Å². The fourth-order valence-electron chi connectivity index (χ4n) is 3.03. The number of methoxy groups -OCH3 is 1. The molecule has 0 atom stereocenters. The largest absolute Gasteiger partial charge is 0.495 e. The summed E-state index contributed by atoms with van der Waals surface area (Å²) in [5.41, 5.74) is 1.88. The number of hydrogen-bond acceptors (Lipinski definition) is 6. The van der Waals surface area contributed by atoms with Gasteiger partial charge >= 0.3 is 0 Å². The molecule has 1 amide bonds. The smallest absolute Gasteiger partial charge is 0.272 e. The molecule has 6 nitrogen and oxygen atoms in total. The van der Waals surface area contributed by atoms with Gasteiger partial charge in [0.2, 0.25) is 5.91 Å². The van der Waals surface area contributed by atoms with Crippen LogP contribution in [0.4, 0.5) is 5.69 Å². The Bertz CT molecular complexity index is 1300. The minimum absolute atomic E-state index is 0.0860. The number of carbonyl (C=O) groups excluding carboxylic acids is 1. The van der Waals surface area contributed by atoms with Crippen molar-refractivity contribution in [2.45, 2.75) is 11.7 Å². The van der Waals surface area contributed by atoms with Crippen molar-refractivity contribution in [3.63, 3.8) is 0 Å². The number of nitrogens with zero attached hydrogens (tertiary/aromatic N) is 2. The van der Waals surface area contributed by atoms with Crippen LogP contribution in [0.1, 0.15) is 5.56 Å². The van der Waals surface area contributed by atoms with E-state index in [9.17, 15) is 9.59 Å². The minimum Gasteiger partial charge on any atom is -0.495 e. The number of hydrogen-bond donors (Lipinski definition) is 1. The van der Waals surface area contributed by atoms with Crippen LogP contribution in [0.15, 0.2) is 69.9 Å². The topological polar surface area (TPSA) is 73.2 Å². The van der Waals surface area contributed by atoms with Crippen LogP contribution in [0.5, 0.6) is 5.75 Å². The van der Waals surface area contributed by atoms with E-state index in [0.717, 1.165) is 5.56 Å². The molecule has 31 heavy (non-hydrogen) atoms. The lowest BCUT2D eigenvalue weighted by molar-refractivity contribution is -0.113. The van der Waals surface area contributed by atoms with E-state index in [2.05, 4.69) is 10.3 Å². The third kappa shape index (κ3) is 4.76. The van der Waals surface area contributed by atoms with Gasteiger partial charge in [0, 0.05) is 5.02 Å². The summed E-state index contributed by atoms with van der Waals surface area (Å²) in [6.45, 7) is 0.274. The second kappa shape index (κ2) is 9.55. The standard InChI is InChI=1S/C22H18ClN3O3S2/c1-29-18-9-5-4-8-16(18)24-19(27)13-31-22-25-17-10-11-30-20(17)21(28)26(22)12-14-6-2-3-7-15(14)23/h2-11H,12-13H2,1H3,(H,24,27). The molecular weight excluding hydrogens is 454 g/mol. The molecule has 0 saturated heterocycles. The Morgan fingerprint density at radius 1 is 1.19 bits per heavy atom. The number of carbonyl (C=O) groups is 1. The van der Waals surface area contributed by atoms with Gasteiger partial charge in [-0.1, -0.05) is 53.7 Å². The predicted molar refractivity (Wildman–Crippen MR) is 127 cm³/mol. The molecule has 2 heterocycles. The van der Waals surface area contributed by atoms with Crippen molar-refractivity contribution in [2.24, 2.45) is 0 Å². The molecule has 0 spiro atoms. The summed E-state index contributed by atoms with van der Waals surface area (Å²) in [4.78, 5) is 30.3. The Kier molecular flexibility index (Phi) is 6.60. The van der Waals surface area contributed by atoms with Gasteiger partial charge in [-0.05, 0) is 35.2 Å². The van der Waals surface area contributed by atoms with Crippen molar-refractivity contribution < 1.29 is 9.53 Å². The Morgan fingerprint density at radius 2 is 1.97 bits per heavy atom.